The zero-order valence-corrected chi connectivity index (χ0v) is 9.62. The molecular weight excluding hydrogens is 180 g/mol. The molecule has 0 aromatic carbocycles. The number of nitrogens with zero attached hydrogens (tertiary/aromatic N) is 1. The molecule has 0 bridgehead atoms. The van der Waals surface area contributed by atoms with Crippen LogP contribution in [-0.4, -0.2) is 31.7 Å². The van der Waals surface area contributed by atoms with Crippen molar-refractivity contribution in [2.45, 2.75) is 26.7 Å². The quantitative estimate of drug-likeness (QED) is 0.654. The number of rotatable bonds is 6. The Hall–Kier alpha value is -0.610. The van der Waals surface area contributed by atoms with Gasteiger partial charge < -0.3 is 5.73 Å². The monoisotopic (exact) mass is 202 g/mol. The standard InChI is InChI=1S/C10H22N2O2/c1-8(2)5-9(7-11)6-10(13)12(3)14-4/h8-9H,5-7,11H2,1-4H3. The highest BCUT2D eigenvalue weighted by Gasteiger charge is 2.16. The average molecular weight is 202 g/mol. The number of amides is 1. The van der Waals surface area contributed by atoms with Crippen molar-refractivity contribution in [1.29, 1.82) is 0 Å². The molecule has 0 aromatic rings. The van der Waals surface area contributed by atoms with Crippen molar-refractivity contribution in [1.82, 2.24) is 5.06 Å². The molecule has 1 unspecified atom stereocenters. The maximum atomic E-state index is 11.5. The summed E-state index contributed by atoms with van der Waals surface area (Å²) in [5, 5.41) is 1.25. The van der Waals surface area contributed by atoms with Gasteiger partial charge in [-0.3, -0.25) is 9.63 Å². The van der Waals surface area contributed by atoms with E-state index in [9.17, 15) is 4.79 Å². The van der Waals surface area contributed by atoms with Gasteiger partial charge in [0.1, 0.15) is 0 Å². The average Bonchev–Trinajstić information content (AvgIpc) is 2.14. The lowest BCUT2D eigenvalue weighted by atomic mass is 9.94. The van der Waals surface area contributed by atoms with E-state index in [1.165, 1.54) is 12.2 Å². The van der Waals surface area contributed by atoms with Crippen LogP contribution >= 0.6 is 0 Å². The molecule has 1 amide bonds. The Labute approximate surface area is 86.4 Å². The van der Waals surface area contributed by atoms with Gasteiger partial charge in [-0.25, -0.2) is 5.06 Å². The number of hydroxylamine groups is 2. The van der Waals surface area contributed by atoms with E-state index in [0.717, 1.165) is 6.42 Å². The van der Waals surface area contributed by atoms with E-state index < -0.39 is 0 Å². The minimum atomic E-state index is -0.0106. The lowest BCUT2D eigenvalue weighted by Crippen LogP contribution is -2.30. The number of nitrogens with two attached hydrogens (primary N) is 1. The first kappa shape index (κ1) is 13.4. The third kappa shape index (κ3) is 5.19. The first-order valence-corrected chi connectivity index (χ1v) is 5.02. The molecule has 84 valence electrons. The molecule has 0 fully saturated rings. The highest BCUT2D eigenvalue weighted by Crippen LogP contribution is 2.15. The van der Waals surface area contributed by atoms with E-state index in [-0.39, 0.29) is 11.8 Å². The summed E-state index contributed by atoms with van der Waals surface area (Å²) in [6.45, 7) is 4.82. The second kappa shape index (κ2) is 6.79. The zero-order chi connectivity index (χ0) is 11.1. The normalized spacial score (nSPS) is 13.0. The van der Waals surface area contributed by atoms with Crippen LogP contribution in [-0.2, 0) is 9.63 Å². The summed E-state index contributed by atoms with van der Waals surface area (Å²) in [5.74, 6) is 0.827. The molecular formula is C10H22N2O2. The molecule has 1 atom stereocenters. The fourth-order valence-corrected chi connectivity index (χ4v) is 1.41. The van der Waals surface area contributed by atoms with Gasteiger partial charge in [0.2, 0.25) is 5.91 Å². The van der Waals surface area contributed by atoms with Crippen molar-refractivity contribution < 1.29 is 9.63 Å². The maximum absolute atomic E-state index is 11.5. The second-order valence-corrected chi connectivity index (χ2v) is 4.01. The zero-order valence-electron chi connectivity index (χ0n) is 9.62. The molecule has 14 heavy (non-hydrogen) atoms. The van der Waals surface area contributed by atoms with E-state index in [1.54, 1.807) is 7.05 Å². The fourth-order valence-electron chi connectivity index (χ4n) is 1.41. The smallest absolute Gasteiger partial charge is 0.246 e. The number of hydrogen-bond acceptors (Lipinski definition) is 3. The van der Waals surface area contributed by atoms with Crippen molar-refractivity contribution in [3.05, 3.63) is 0 Å². The molecule has 4 heteroatoms. The van der Waals surface area contributed by atoms with E-state index in [2.05, 4.69) is 13.8 Å². The van der Waals surface area contributed by atoms with E-state index in [4.69, 9.17) is 10.6 Å². The Morgan fingerprint density at radius 1 is 1.50 bits per heavy atom. The summed E-state index contributed by atoms with van der Waals surface area (Å²) < 4.78 is 0. The number of carbonyl (C=O) groups is 1. The summed E-state index contributed by atoms with van der Waals surface area (Å²) in [6, 6.07) is 0. The predicted molar refractivity (Wildman–Crippen MR) is 56.4 cm³/mol. The van der Waals surface area contributed by atoms with E-state index >= 15 is 0 Å². The van der Waals surface area contributed by atoms with Crippen molar-refractivity contribution in [2.75, 3.05) is 20.7 Å². The summed E-state index contributed by atoms with van der Waals surface area (Å²) in [4.78, 5) is 16.3. The lowest BCUT2D eigenvalue weighted by Gasteiger charge is -2.19. The van der Waals surface area contributed by atoms with Gasteiger partial charge in [-0.05, 0) is 24.8 Å². The van der Waals surface area contributed by atoms with Crippen LogP contribution in [0, 0.1) is 11.8 Å². The number of carbonyl (C=O) groups excluding carboxylic acids is 1. The van der Waals surface area contributed by atoms with Crippen LogP contribution in [0.15, 0.2) is 0 Å². The van der Waals surface area contributed by atoms with Gasteiger partial charge >= 0.3 is 0 Å². The van der Waals surface area contributed by atoms with Crippen molar-refractivity contribution >= 4 is 5.91 Å². The van der Waals surface area contributed by atoms with Crippen LogP contribution in [0.2, 0.25) is 0 Å². The Balaban J connectivity index is 3.98. The molecule has 0 radical (unpaired) electrons. The van der Waals surface area contributed by atoms with E-state index in [1.807, 2.05) is 0 Å². The molecule has 0 aromatic heterocycles. The lowest BCUT2D eigenvalue weighted by molar-refractivity contribution is -0.169. The van der Waals surface area contributed by atoms with Crippen LogP contribution in [0.1, 0.15) is 26.7 Å². The van der Waals surface area contributed by atoms with Crippen LogP contribution < -0.4 is 5.73 Å². The van der Waals surface area contributed by atoms with Gasteiger partial charge in [-0.15, -0.1) is 0 Å². The third-order valence-electron chi connectivity index (χ3n) is 2.23. The van der Waals surface area contributed by atoms with Gasteiger partial charge in [-0.1, -0.05) is 13.8 Å². The van der Waals surface area contributed by atoms with Gasteiger partial charge in [0.15, 0.2) is 0 Å². The minimum Gasteiger partial charge on any atom is -0.330 e. The third-order valence-corrected chi connectivity index (χ3v) is 2.23. The van der Waals surface area contributed by atoms with Gasteiger partial charge in [-0.2, -0.15) is 0 Å². The maximum Gasteiger partial charge on any atom is 0.246 e. The second-order valence-electron chi connectivity index (χ2n) is 4.01. The first-order valence-electron chi connectivity index (χ1n) is 5.02. The highest BCUT2D eigenvalue weighted by atomic mass is 16.7. The van der Waals surface area contributed by atoms with Crippen LogP contribution in [0.4, 0.5) is 0 Å². The Kier molecular flexibility index (Phi) is 6.49. The minimum absolute atomic E-state index is 0.0106. The highest BCUT2D eigenvalue weighted by molar-refractivity contribution is 5.75. The van der Waals surface area contributed by atoms with Crippen LogP contribution in [0.3, 0.4) is 0 Å². The molecule has 0 aliphatic heterocycles. The molecule has 4 nitrogen and oxygen atoms in total. The summed E-state index contributed by atoms with van der Waals surface area (Å²) in [5.41, 5.74) is 5.60. The fraction of sp³-hybridized carbons (Fsp3) is 0.900. The molecule has 0 saturated heterocycles. The molecule has 0 heterocycles. The topological polar surface area (TPSA) is 55.6 Å². The van der Waals surface area contributed by atoms with E-state index in [0.29, 0.717) is 18.9 Å². The summed E-state index contributed by atoms with van der Waals surface area (Å²) >= 11 is 0. The largest absolute Gasteiger partial charge is 0.330 e. The Morgan fingerprint density at radius 2 is 2.07 bits per heavy atom. The van der Waals surface area contributed by atoms with Gasteiger partial charge in [0, 0.05) is 13.5 Å². The van der Waals surface area contributed by atoms with Crippen molar-refractivity contribution in [3.63, 3.8) is 0 Å². The SMILES string of the molecule is CON(C)C(=O)CC(CN)CC(C)C. The molecule has 0 spiro atoms. The Bertz CT molecular complexity index is 172. The summed E-state index contributed by atoms with van der Waals surface area (Å²) in [6.07, 6.45) is 1.46. The molecule has 2 N–H and O–H groups in total. The molecule has 0 aliphatic rings. The van der Waals surface area contributed by atoms with Crippen molar-refractivity contribution in [2.24, 2.45) is 17.6 Å². The number of hydrogen-bond donors (Lipinski definition) is 1. The van der Waals surface area contributed by atoms with Gasteiger partial charge in [0.25, 0.3) is 0 Å². The molecule has 0 saturated carbocycles. The van der Waals surface area contributed by atoms with Crippen LogP contribution in [0.5, 0.6) is 0 Å². The summed E-state index contributed by atoms with van der Waals surface area (Å²) in [7, 11) is 3.10. The van der Waals surface area contributed by atoms with Crippen LogP contribution in [0.25, 0.3) is 0 Å². The first-order chi connectivity index (χ1) is 6.51. The molecule has 0 rings (SSSR count). The van der Waals surface area contributed by atoms with Gasteiger partial charge in [0.05, 0.1) is 7.11 Å². The predicted octanol–water partition coefficient (Wildman–Crippen LogP) is 1.02. The van der Waals surface area contributed by atoms with Crippen molar-refractivity contribution in [3.8, 4) is 0 Å². The molecule has 0 aliphatic carbocycles. The Morgan fingerprint density at radius 3 is 2.43 bits per heavy atom.